The lowest BCUT2D eigenvalue weighted by Crippen LogP contribution is -2.38. The molecule has 0 bridgehead atoms. The molecular weight excluding hydrogens is 412 g/mol. The predicted octanol–water partition coefficient (Wildman–Crippen LogP) is 2.76. The smallest absolute Gasteiger partial charge is 0.248 e. The van der Waals surface area contributed by atoms with Crippen molar-refractivity contribution in [3.05, 3.63) is 17.2 Å². The maximum atomic E-state index is 12.2. The first-order valence-electron chi connectivity index (χ1n) is 8.49. The fourth-order valence-corrected chi connectivity index (χ4v) is 7.41. The van der Waals surface area contributed by atoms with Crippen molar-refractivity contribution in [3.8, 4) is 11.5 Å². The first-order valence-corrected chi connectivity index (χ1v) is 11.6. The van der Waals surface area contributed by atoms with E-state index >= 15 is 0 Å². The predicted molar refractivity (Wildman–Crippen MR) is 108 cm³/mol. The summed E-state index contributed by atoms with van der Waals surface area (Å²) in [5.74, 6) is 0.744. The van der Waals surface area contributed by atoms with Gasteiger partial charge in [-0.1, -0.05) is 30.3 Å². The number of carbonyl (C=O) groups is 1. The van der Waals surface area contributed by atoms with Gasteiger partial charge in [0.05, 0.1) is 42.5 Å². The van der Waals surface area contributed by atoms with Crippen molar-refractivity contribution < 1.29 is 22.7 Å². The van der Waals surface area contributed by atoms with Crippen molar-refractivity contribution in [2.24, 2.45) is 4.99 Å². The lowest BCUT2D eigenvalue weighted by Gasteiger charge is -2.26. The summed E-state index contributed by atoms with van der Waals surface area (Å²) in [6, 6.07) is 2.98. The molecule has 2 aliphatic heterocycles. The van der Waals surface area contributed by atoms with E-state index in [1.54, 1.807) is 17.0 Å². The lowest BCUT2D eigenvalue weighted by atomic mass is 10.2. The number of hydrogen-bond acceptors (Lipinski definition) is 6. The van der Waals surface area contributed by atoms with Crippen LogP contribution in [-0.2, 0) is 14.6 Å². The summed E-state index contributed by atoms with van der Waals surface area (Å²) in [4.78, 5) is 18.1. The zero-order chi connectivity index (χ0) is 19.8. The van der Waals surface area contributed by atoms with Crippen molar-refractivity contribution in [1.82, 2.24) is 0 Å². The van der Waals surface area contributed by atoms with Crippen LogP contribution in [0.5, 0.6) is 11.5 Å². The number of anilines is 1. The van der Waals surface area contributed by atoms with Gasteiger partial charge in [0.2, 0.25) is 5.91 Å². The minimum absolute atomic E-state index is 0.00153. The number of thioether (sulfide) groups is 1. The number of halogens is 1. The van der Waals surface area contributed by atoms with Crippen LogP contribution < -0.4 is 14.4 Å². The zero-order valence-electron chi connectivity index (χ0n) is 15.3. The molecule has 2 saturated heterocycles. The van der Waals surface area contributed by atoms with E-state index in [1.165, 1.54) is 26.0 Å². The number of ether oxygens (including phenoxy) is 2. The summed E-state index contributed by atoms with van der Waals surface area (Å²) in [6.45, 7) is 1.91. The second-order valence-corrected chi connectivity index (χ2v) is 10.1. The van der Waals surface area contributed by atoms with Gasteiger partial charge in [0, 0.05) is 17.7 Å². The Bertz CT molecular complexity index is 888. The molecule has 0 spiro atoms. The maximum absolute atomic E-state index is 12.2. The average molecular weight is 433 g/mol. The molecule has 0 radical (unpaired) electrons. The standard InChI is InChI=1S/C17H21ClN2O5S2/c1-4-5-16(21)19-17-20(12-8-27(22,23)9-15(12)26-17)11-6-10(18)13(24-2)7-14(11)25-3/h6-7,12,15H,4-5,8-9H2,1-3H3/t12-,15+/m1/s1. The highest BCUT2D eigenvalue weighted by molar-refractivity contribution is 8.16. The molecule has 148 valence electrons. The van der Waals surface area contributed by atoms with E-state index in [4.69, 9.17) is 21.1 Å². The van der Waals surface area contributed by atoms with Crippen LogP contribution in [0.3, 0.4) is 0 Å². The highest BCUT2D eigenvalue weighted by Gasteiger charge is 2.50. The zero-order valence-corrected chi connectivity index (χ0v) is 17.7. The van der Waals surface area contributed by atoms with Gasteiger partial charge in [0.25, 0.3) is 0 Å². The van der Waals surface area contributed by atoms with Crippen molar-refractivity contribution >= 4 is 50.0 Å². The highest BCUT2D eigenvalue weighted by Crippen LogP contribution is 2.46. The number of amides is 1. The fraction of sp³-hybridized carbons (Fsp3) is 0.529. The molecule has 0 aliphatic carbocycles. The molecule has 0 saturated carbocycles. The summed E-state index contributed by atoms with van der Waals surface area (Å²) >= 11 is 7.62. The van der Waals surface area contributed by atoms with Gasteiger partial charge < -0.3 is 14.4 Å². The molecule has 1 amide bonds. The Morgan fingerprint density at radius 1 is 1.30 bits per heavy atom. The number of benzene rings is 1. The molecule has 2 fully saturated rings. The summed E-state index contributed by atoms with van der Waals surface area (Å²) in [5.41, 5.74) is 0.573. The molecule has 2 aliphatic rings. The number of fused-ring (bicyclic) bond motifs is 1. The van der Waals surface area contributed by atoms with Gasteiger partial charge in [-0.15, -0.1) is 0 Å². The van der Waals surface area contributed by atoms with E-state index in [0.717, 1.165) is 0 Å². The normalized spacial score (nSPS) is 24.9. The molecule has 1 aromatic rings. The largest absolute Gasteiger partial charge is 0.495 e. The second kappa shape index (κ2) is 7.89. The van der Waals surface area contributed by atoms with Gasteiger partial charge in [0.1, 0.15) is 11.5 Å². The number of rotatable bonds is 5. The quantitative estimate of drug-likeness (QED) is 0.707. The Balaban J connectivity index is 2.10. The van der Waals surface area contributed by atoms with Gasteiger partial charge in [-0.2, -0.15) is 4.99 Å². The molecule has 1 aromatic carbocycles. The first-order chi connectivity index (χ1) is 12.8. The Hall–Kier alpha value is -1.45. The van der Waals surface area contributed by atoms with Crippen LogP contribution in [0.15, 0.2) is 17.1 Å². The van der Waals surface area contributed by atoms with Crippen LogP contribution >= 0.6 is 23.4 Å². The van der Waals surface area contributed by atoms with Gasteiger partial charge in [0.15, 0.2) is 15.0 Å². The van der Waals surface area contributed by atoms with E-state index in [1.807, 2.05) is 6.92 Å². The Kier molecular flexibility index (Phi) is 5.93. The number of carbonyl (C=O) groups excluding carboxylic acids is 1. The lowest BCUT2D eigenvalue weighted by molar-refractivity contribution is -0.117. The number of methoxy groups -OCH3 is 2. The summed E-state index contributed by atoms with van der Waals surface area (Å²) in [6.07, 6.45) is 1.03. The number of sulfone groups is 1. The van der Waals surface area contributed by atoms with E-state index in [-0.39, 0.29) is 28.7 Å². The van der Waals surface area contributed by atoms with Crippen molar-refractivity contribution in [2.75, 3.05) is 30.6 Å². The minimum atomic E-state index is -3.15. The summed E-state index contributed by atoms with van der Waals surface area (Å²) < 4.78 is 35.0. The average Bonchev–Trinajstić information content (AvgIpc) is 3.05. The van der Waals surface area contributed by atoms with E-state index in [9.17, 15) is 13.2 Å². The maximum Gasteiger partial charge on any atom is 0.248 e. The number of nitrogens with zero attached hydrogens (tertiary/aromatic N) is 2. The third kappa shape index (κ3) is 4.05. The van der Waals surface area contributed by atoms with Crippen molar-refractivity contribution in [3.63, 3.8) is 0 Å². The van der Waals surface area contributed by atoms with Crippen molar-refractivity contribution in [2.45, 2.75) is 31.1 Å². The van der Waals surface area contributed by atoms with E-state index in [2.05, 4.69) is 4.99 Å². The molecule has 0 aromatic heterocycles. The van der Waals surface area contributed by atoms with Crippen LogP contribution in [0, 0.1) is 0 Å². The van der Waals surface area contributed by atoms with Crippen LogP contribution in [-0.4, -0.2) is 56.5 Å². The summed E-state index contributed by atoms with van der Waals surface area (Å²) in [7, 11) is -0.139. The van der Waals surface area contributed by atoms with Gasteiger partial charge >= 0.3 is 0 Å². The summed E-state index contributed by atoms with van der Waals surface area (Å²) in [5, 5.41) is 0.661. The third-order valence-electron chi connectivity index (χ3n) is 4.46. The number of amidine groups is 1. The molecular formula is C17H21ClN2O5S2. The topological polar surface area (TPSA) is 85.3 Å². The molecule has 27 heavy (non-hydrogen) atoms. The van der Waals surface area contributed by atoms with E-state index < -0.39 is 9.84 Å². The Labute approximate surface area is 168 Å². The Morgan fingerprint density at radius 2 is 2.00 bits per heavy atom. The highest BCUT2D eigenvalue weighted by atomic mass is 35.5. The van der Waals surface area contributed by atoms with Gasteiger partial charge in [-0.25, -0.2) is 8.42 Å². The van der Waals surface area contributed by atoms with E-state index in [0.29, 0.717) is 40.2 Å². The van der Waals surface area contributed by atoms with Gasteiger partial charge in [-0.3, -0.25) is 4.79 Å². The fourth-order valence-electron chi connectivity index (χ4n) is 3.26. The van der Waals surface area contributed by atoms with Crippen LogP contribution in [0.2, 0.25) is 5.02 Å². The molecule has 2 heterocycles. The third-order valence-corrected chi connectivity index (χ3v) is 7.97. The van der Waals surface area contributed by atoms with Crippen molar-refractivity contribution in [1.29, 1.82) is 0 Å². The van der Waals surface area contributed by atoms with Crippen LogP contribution in [0.25, 0.3) is 0 Å². The monoisotopic (exact) mass is 432 g/mol. The number of hydrogen-bond donors (Lipinski definition) is 0. The van der Waals surface area contributed by atoms with Gasteiger partial charge in [-0.05, 0) is 12.5 Å². The molecule has 0 N–H and O–H groups in total. The number of aliphatic imine (C=N–C) groups is 1. The Morgan fingerprint density at radius 3 is 2.63 bits per heavy atom. The molecule has 0 unspecified atom stereocenters. The molecule has 3 rings (SSSR count). The van der Waals surface area contributed by atoms with Crippen LogP contribution in [0.4, 0.5) is 5.69 Å². The molecule has 7 nitrogen and oxygen atoms in total. The second-order valence-electron chi connectivity index (χ2n) is 6.37. The SMILES string of the molecule is CCCC(=O)N=C1S[C@H]2CS(=O)(=O)C[C@H]2N1c1cc(Cl)c(OC)cc1OC. The minimum Gasteiger partial charge on any atom is -0.495 e. The first kappa shape index (κ1) is 20.3. The molecule has 2 atom stereocenters. The molecule has 10 heteroatoms. The van der Waals surface area contributed by atoms with Crippen LogP contribution in [0.1, 0.15) is 19.8 Å².